The fourth-order valence-electron chi connectivity index (χ4n) is 3.84. The van der Waals surface area contributed by atoms with Crippen LogP contribution in [0.1, 0.15) is 52.0 Å². The summed E-state index contributed by atoms with van der Waals surface area (Å²) in [4.78, 5) is 44.6. The van der Waals surface area contributed by atoms with Crippen LogP contribution < -0.4 is 5.32 Å². The van der Waals surface area contributed by atoms with Crippen LogP contribution in [0.25, 0.3) is 0 Å². The highest BCUT2D eigenvalue weighted by Gasteiger charge is 2.47. The maximum atomic E-state index is 15.8. The number of amides is 3. The van der Waals surface area contributed by atoms with Crippen LogP contribution in [0.15, 0.2) is 79.0 Å². The molecule has 3 aromatic rings. The summed E-state index contributed by atoms with van der Waals surface area (Å²) in [6, 6.07) is 17.8. The quantitative estimate of drug-likeness (QED) is 0.602. The van der Waals surface area contributed by atoms with Crippen molar-refractivity contribution < 1.29 is 18.8 Å². The van der Waals surface area contributed by atoms with E-state index in [9.17, 15) is 14.4 Å². The molecule has 1 N–H and O–H groups in total. The zero-order chi connectivity index (χ0) is 22.9. The number of aromatic nitrogens is 1. The Labute approximate surface area is 185 Å². The lowest BCUT2D eigenvalue weighted by atomic mass is 9.96. The molecule has 0 saturated carbocycles. The molecule has 162 valence electrons. The van der Waals surface area contributed by atoms with Crippen molar-refractivity contribution in [3.05, 3.63) is 101 Å². The number of hydrogen-bond acceptors (Lipinski definition) is 4. The van der Waals surface area contributed by atoms with E-state index in [0.717, 1.165) is 4.90 Å². The van der Waals surface area contributed by atoms with Gasteiger partial charge in [0.2, 0.25) is 5.91 Å². The molecule has 1 aliphatic heterocycles. The molecule has 2 atom stereocenters. The highest BCUT2D eigenvalue weighted by atomic mass is 19.1. The normalized spacial score (nSPS) is 15.3. The largest absolute Gasteiger partial charge is 0.344 e. The lowest BCUT2D eigenvalue weighted by molar-refractivity contribution is -0.129. The van der Waals surface area contributed by atoms with Crippen LogP contribution in [0, 0.1) is 0 Å². The third-order valence-electron chi connectivity index (χ3n) is 5.51. The van der Waals surface area contributed by atoms with Crippen molar-refractivity contribution in [3.63, 3.8) is 0 Å². The van der Waals surface area contributed by atoms with Crippen LogP contribution in [-0.4, -0.2) is 33.6 Å². The zero-order valence-electron chi connectivity index (χ0n) is 17.7. The molecule has 0 unspecified atom stereocenters. The van der Waals surface area contributed by atoms with Gasteiger partial charge in [-0.1, -0.05) is 48.5 Å². The van der Waals surface area contributed by atoms with Crippen molar-refractivity contribution in [1.29, 1.82) is 0 Å². The van der Waals surface area contributed by atoms with Gasteiger partial charge in [0.25, 0.3) is 11.8 Å². The molecule has 2 heterocycles. The topological polar surface area (TPSA) is 79.4 Å². The molecule has 0 radical (unpaired) electrons. The number of halogens is 1. The highest BCUT2D eigenvalue weighted by molar-refractivity contribution is 6.23. The van der Waals surface area contributed by atoms with E-state index in [1.807, 2.05) is 0 Å². The van der Waals surface area contributed by atoms with Crippen LogP contribution in [0.3, 0.4) is 0 Å². The molecule has 32 heavy (non-hydrogen) atoms. The molecule has 1 aliphatic rings. The fourth-order valence-corrected chi connectivity index (χ4v) is 3.84. The van der Waals surface area contributed by atoms with Crippen molar-refractivity contribution in [2.75, 3.05) is 0 Å². The first-order valence-corrected chi connectivity index (χ1v) is 10.2. The second-order valence-electron chi connectivity index (χ2n) is 8.11. The van der Waals surface area contributed by atoms with Gasteiger partial charge in [0.05, 0.1) is 22.4 Å². The second kappa shape index (κ2) is 8.34. The van der Waals surface area contributed by atoms with Crippen LogP contribution in [-0.2, 0) is 10.3 Å². The molecule has 0 aliphatic carbocycles. The molecule has 7 heteroatoms. The van der Waals surface area contributed by atoms with E-state index < -0.39 is 35.5 Å². The van der Waals surface area contributed by atoms with E-state index in [-0.39, 0.29) is 16.7 Å². The smallest absolute Gasteiger partial charge is 0.262 e. The Balaban J connectivity index is 1.73. The van der Waals surface area contributed by atoms with Gasteiger partial charge in [-0.25, -0.2) is 4.39 Å². The summed E-state index contributed by atoms with van der Waals surface area (Å²) < 4.78 is 15.8. The minimum atomic E-state index is -1.92. The number of nitrogens with one attached hydrogen (secondary N) is 1. The summed E-state index contributed by atoms with van der Waals surface area (Å²) in [5.74, 6) is -2.17. The highest BCUT2D eigenvalue weighted by Crippen LogP contribution is 2.33. The number of pyridine rings is 1. The predicted octanol–water partition coefficient (Wildman–Crippen LogP) is 3.81. The first-order chi connectivity index (χ1) is 15.3. The number of fused-ring (bicyclic) bond motifs is 1. The summed E-state index contributed by atoms with van der Waals surface area (Å²) >= 11 is 0. The lowest BCUT2D eigenvalue weighted by Gasteiger charge is -2.33. The predicted molar refractivity (Wildman–Crippen MR) is 116 cm³/mol. The van der Waals surface area contributed by atoms with Crippen LogP contribution in [0.4, 0.5) is 4.39 Å². The third kappa shape index (κ3) is 3.77. The van der Waals surface area contributed by atoms with E-state index in [4.69, 9.17) is 0 Å². The number of imide groups is 1. The van der Waals surface area contributed by atoms with Gasteiger partial charge in [0.15, 0.2) is 12.2 Å². The van der Waals surface area contributed by atoms with E-state index in [0.29, 0.717) is 5.69 Å². The molecule has 0 bridgehead atoms. The summed E-state index contributed by atoms with van der Waals surface area (Å²) in [6.07, 6.45) is -0.328. The Morgan fingerprint density at radius 2 is 1.47 bits per heavy atom. The number of nitrogens with zero attached hydrogens (tertiary/aromatic N) is 2. The average molecular weight is 431 g/mol. The fraction of sp³-hybridized carbons (Fsp3) is 0.200. The molecule has 0 fully saturated rings. The lowest BCUT2D eigenvalue weighted by Crippen LogP contribution is -2.55. The van der Waals surface area contributed by atoms with Gasteiger partial charge in [-0.3, -0.25) is 24.3 Å². The summed E-state index contributed by atoms with van der Waals surface area (Å²) in [6.45, 7) is 3.45. The molecule has 0 spiro atoms. The standard InChI is InChI=1S/C25H22FN3O3/c1-25(2,19-14-8-9-15-27-19)28-22(30)21(20(26)16-10-4-3-5-11-16)29-23(31)17-12-6-7-13-18(17)24(29)32/h3-15,20-21H,1-2H3,(H,28,30)/t20-,21+/m0/s1. The Bertz CT molecular complexity index is 1130. The van der Waals surface area contributed by atoms with Crippen molar-refractivity contribution in [1.82, 2.24) is 15.2 Å². The summed E-state index contributed by atoms with van der Waals surface area (Å²) in [7, 11) is 0. The first-order valence-electron chi connectivity index (χ1n) is 10.2. The molecule has 2 aromatic carbocycles. The monoisotopic (exact) mass is 431 g/mol. The third-order valence-corrected chi connectivity index (χ3v) is 5.51. The Morgan fingerprint density at radius 1 is 0.906 bits per heavy atom. The molecule has 0 saturated heterocycles. The van der Waals surface area contributed by atoms with E-state index in [2.05, 4.69) is 10.3 Å². The van der Waals surface area contributed by atoms with Crippen molar-refractivity contribution in [2.45, 2.75) is 31.6 Å². The summed E-state index contributed by atoms with van der Waals surface area (Å²) in [5.41, 5.74) is 0.0922. The number of rotatable bonds is 6. The van der Waals surface area contributed by atoms with Crippen LogP contribution >= 0.6 is 0 Å². The van der Waals surface area contributed by atoms with Gasteiger partial charge in [0.1, 0.15) is 0 Å². The minimum Gasteiger partial charge on any atom is -0.344 e. The number of alkyl halides is 1. The maximum absolute atomic E-state index is 15.8. The average Bonchev–Trinajstić information content (AvgIpc) is 3.05. The van der Waals surface area contributed by atoms with Gasteiger partial charge in [-0.2, -0.15) is 0 Å². The van der Waals surface area contributed by atoms with Gasteiger partial charge >= 0.3 is 0 Å². The van der Waals surface area contributed by atoms with Gasteiger partial charge in [0, 0.05) is 6.20 Å². The number of benzene rings is 2. The minimum absolute atomic E-state index is 0.152. The molecular formula is C25H22FN3O3. The van der Waals surface area contributed by atoms with E-state index >= 15 is 4.39 Å². The summed E-state index contributed by atoms with van der Waals surface area (Å²) in [5, 5.41) is 2.78. The van der Waals surface area contributed by atoms with Gasteiger partial charge in [-0.15, -0.1) is 0 Å². The van der Waals surface area contributed by atoms with Gasteiger partial charge in [-0.05, 0) is 43.7 Å². The number of carbonyl (C=O) groups is 3. The van der Waals surface area contributed by atoms with Crippen molar-refractivity contribution in [2.24, 2.45) is 0 Å². The number of carbonyl (C=O) groups excluding carboxylic acids is 3. The van der Waals surface area contributed by atoms with Crippen molar-refractivity contribution in [3.8, 4) is 0 Å². The maximum Gasteiger partial charge on any atom is 0.262 e. The van der Waals surface area contributed by atoms with Gasteiger partial charge < -0.3 is 5.32 Å². The second-order valence-corrected chi connectivity index (χ2v) is 8.11. The molecule has 3 amide bonds. The SMILES string of the molecule is CC(C)(NC(=O)[C@@H]([C@@H](F)c1ccccc1)N1C(=O)c2ccccc2C1=O)c1ccccn1. The molecule has 1 aromatic heterocycles. The van der Waals surface area contributed by atoms with E-state index in [1.54, 1.807) is 68.6 Å². The molecular weight excluding hydrogens is 409 g/mol. The number of hydrogen-bond donors (Lipinski definition) is 1. The Hall–Kier alpha value is -3.87. The molecule has 4 rings (SSSR count). The first kappa shape index (κ1) is 21.4. The Kier molecular flexibility index (Phi) is 5.57. The van der Waals surface area contributed by atoms with Crippen LogP contribution in [0.2, 0.25) is 0 Å². The van der Waals surface area contributed by atoms with Crippen molar-refractivity contribution >= 4 is 17.7 Å². The molecule has 6 nitrogen and oxygen atoms in total. The van der Waals surface area contributed by atoms with Crippen LogP contribution in [0.5, 0.6) is 0 Å². The Morgan fingerprint density at radius 3 is 2.03 bits per heavy atom. The zero-order valence-corrected chi connectivity index (χ0v) is 17.7. The van der Waals surface area contributed by atoms with E-state index in [1.165, 1.54) is 24.3 Å².